The third-order valence-corrected chi connectivity index (χ3v) is 4.52. The molecule has 0 bridgehead atoms. The van der Waals surface area contributed by atoms with Crippen LogP contribution in [0.2, 0.25) is 0 Å². The van der Waals surface area contributed by atoms with Crippen molar-refractivity contribution in [2.75, 3.05) is 19.7 Å². The van der Waals surface area contributed by atoms with E-state index in [-0.39, 0.29) is 12.5 Å². The van der Waals surface area contributed by atoms with Crippen LogP contribution in [0.5, 0.6) is 0 Å². The SMILES string of the molecule is CC(C)Cc1ccc(CCC(=O)N2CCC(CO)CC2)cc1. The summed E-state index contributed by atoms with van der Waals surface area (Å²) < 4.78 is 0. The topological polar surface area (TPSA) is 40.5 Å². The molecule has 3 nitrogen and oxygen atoms in total. The lowest BCUT2D eigenvalue weighted by Crippen LogP contribution is -2.39. The molecule has 2 rings (SSSR count). The van der Waals surface area contributed by atoms with Crippen molar-refractivity contribution in [3.05, 3.63) is 35.4 Å². The Hall–Kier alpha value is -1.35. The highest BCUT2D eigenvalue weighted by molar-refractivity contribution is 5.76. The molecule has 0 atom stereocenters. The Morgan fingerprint density at radius 1 is 1.18 bits per heavy atom. The number of carbonyl (C=O) groups is 1. The molecule has 1 N–H and O–H groups in total. The minimum atomic E-state index is 0.252. The molecule has 1 aromatic rings. The van der Waals surface area contributed by atoms with Crippen LogP contribution in [-0.2, 0) is 17.6 Å². The number of benzene rings is 1. The van der Waals surface area contributed by atoms with Crippen LogP contribution in [0, 0.1) is 11.8 Å². The van der Waals surface area contributed by atoms with Crippen molar-refractivity contribution in [1.82, 2.24) is 4.90 Å². The maximum Gasteiger partial charge on any atom is 0.222 e. The van der Waals surface area contributed by atoms with Crippen LogP contribution in [0.25, 0.3) is 0 Å². The summed E-state index contributed by atoms with van der Waals surface area (Å²) in [7, 11) is 0. The summed E-state index contributed by atoms with van der Waals surface area (Å²) in [5.74, 6) is 1.31. The quantitative estimate of drug-likeness (QED) is 0.877. The normalized spacial score (nSPS) is 16.3. The molecule has 1 heterocycles. The van der Waals surface area contributed by atoms with E-state index in [9.17, 15) is 4.79 Å². The molecular weight excluding hydrogens is 274 g/mol. The van der Waals surface area contributed by atoms with Crippen LogP contribution in [-0.4, -0.2) is 35.6 Å². The fourth-order valence-electron chi connectivity index (χ4n) is 3.09. The number of rotatable bonds is 6. The molecular formula is C19H29NO2. The second-order valence-electron chi connectivity index (χ2n) is 6.92. The first-order valence-corrected chi connectivity index (χ1v) is 8.55. The summed E-state index contributed by atoms with van der Waals surface area (Å²) in [6, 6.07) is 8.69. The first kappa shape index (κ1) is 17.0. The average Bonchev–Trinajstić information content (AvgIpc) is 2.53. The lowest BCUT2D eigenvalue weighted by atomic mass is 9.97. The highest BCUT2D eigenvalue weighted by Crippen LogP contribution is 2.18. The molecule has 122 valence electrons. The number of hydrogen-bond acceptors (Lipinski definition) is 2. The van der Waals surface area contributed by atoms with E-state index in [1.807, 2.05) is 4.90 Å². The van der Waals surface area contributed by atoms with Crippen LogP contribution in [0.15, 0.2) is 24.3 Å². The zero-order valence-corrected chi connectivity index (χ0v) is 13.9. The fourth-order valence-corrected chi connectivity index (χ4v) is 3.09. The highest BCUT2D eigenvalue weighted by Gasteiger charge is 2.21. The smallest absolute Gasteiger partial charge is 0.222 e. The minimum absolute atomic E-state index is 0.252. The van der Waals surface area contributed by atoms with Crippen molar-refractivity contribution < 1.29 is 9.90 Å². The molecule has 1 aromatic carbocycles. The second-order valence-corrected chi connectivity index (χ2v) is 6.92. The standard InChI is InChI=1S/C19H29NO2/c1-15(2)13-17-5-3-16(4-6-17)7-8-19(22)20-11-9-18(14-21)10-12-20/h3-6,15,18,21H,7-14H2,1-2H3. The Kier molecular flexibility index (Phi) is 6.44. The van der Waals surface area contributed by atoms with Crippen LogP contribution in [0.4, 0.5) is 0 Å². The summed E-state index contributed by atoms with van der Waals surface area (Å²) in [4.78, 5) is 14.2. The minimum Gasteiger partial charge on any atom is -0.396 e. The number of aliphatic hydroxyl groups excluding tert-OH is 1. The Bertz CT molecular complexity index is 459. The second kappa shape index (κ2) is 8.33. The van der Waals surface area contributed by atoms with Gasteiger partial charge >= 0.3 is 0 Å². The highest BCUT2D eigenvalue weighted by atomic mass is 16.3. The van der Waals surface area contributed by atoms with Gasteiger partial charge in [-0.25, -0.2) is 0 Å². The van der Waals surface area contributed by atoms with Crippen LogP contribution >= 0.6 is 0 Å². The van der Waals surface area contributed by atoms with Gasteiger partial charge < -0.3 is 10.0 Å². The van der Waals surface area contributed by atoms with Gasteiger partial charge in [-0.3, -0.25) is 4.79 Å². The molecule has 0 saturated carbocycles. The third kappa shape index (κ3) is 5.13. The van der Waals surface area contributed by atoms with Gasteiger partial charge in [0.2, 0.25) is 5.91 Å². The van der Waals surface area contributed by atoms with Gasteiger partial charge in [0.05, 0.1) is 0 Å². The molecule has 0 spiro atoms. The predicted molar refractivity (Wildman–Crippen MR) is 89.7 cm³/mol. The molecule has 1 fully saturated rings. The molecule has 0 aliphatic carbocycles. The molecule has 22 heavy (non-hydrogen) atoms. The van der Waals surface area contributed by atoms with E-state index >= 15 is 0 Å². The first-order chi connectivity index (χ1) is 10.6. The number of aryl methyl sites for hydroxylation is 1. The van der Waals surface area contributed by atoms with E-state index in [0.717, 1.165) is 38.8 Å². The lowest BCUT2D eigenvalue weighted by Gasteiger charge is -2.31. The first-order valence-electron chi connectivity index (χ1n) is 8.55. The van der Waals surface area contributed by atoms with Crippen molar-refractivity contribution in [3.63, 3.8) is 0 Å². The third-order valence-electron chi connectivity index (χ3n) is 4.52. The Balaban J connectivity index is 1.76. The Morgan fingerprint density at radius 3 is 2.32 bits per heavy atom. The van der Waals surface area contributed by atoms with Gasteiger partial charge in [-0.05, 0) is 48.6 Å². The monoisotopic (exact) mass is 303 g/mol. The molecule has 3 heteroatoms. The van der Waals surface area contributed by atoms with Gasteiger partial charge in [-0.15, -0.1) is 0 Å². The molecule has 0 radical (unpaired) electrons. The number of aliphatic hydroxyl groups is 1. The van der Waals surface area contributed by atoms with E-state index in [1.54, 1.807) is 0 Å². The molecule has 1 aliphatic rings. The van der Waals surface area contributed by atoms with Gasteiger partial charge in [-0.1, -0.05) is 38.1 Å². The number of likely N-dealkylation sites (tertiary alicyclic amines) is 1. The lowest BCUT2D eigenvalue weighted by molar-refractivity contribution is -0.132. The number of hydrogen-bond donors (Lipinski definition) is 1. The summed E-state index contributed by atoms with van der Waals surface area (Å²) in [5, 5.41) is 9.14. The van der Waals surface area contributed by atoms with Crippen LogP contribution in [0.1, 0.15) is 44.2 Å². The summed E-state index contributed by atoms with van der Waals surface area (Å²) in [6.07, 6.45) is 4.39. The number of amides is 1. The van der Waals surface area contributed by atoms with E-state index in [1.165, 1.54) is 11.1 Å². The molecule has 0 unspecified atom stereocenters. The summed E-state index contributed by atoms with van der Waals surface area (Å²) in [6.45, 7) is 6.32. The zero-order chi connectivity index (χ0) is 15.9. The zero-order valence-electron chi connectivity index (χ0n) is 13.9. The van der Waals surface area contributed by atoms with Crippen LogP contribution < -0.4 is 0 Å². The van der Waals surface area contributed by atoms with Gasteiger partial charge in [0, 0.05) is 26.1 Å². The maximum absolute atomic E-state index is 12.2. The van der Waals surface area contributed by atoms with Crippen molar-refractivity contribution in [2.45, 2.75) is 46.0 Å². The van der Waals surface area contributed by atoms with Crippen molar-refractivity contribution in [2.24, 2.45) is 11.8 Å². The Morgan fingerprint density at radius 2 is 1.77 bits per heavy atom. The van der Waals surface area contributed by atoms with Gasteiger partial charge in [0.1, 0.15) is 0 Å². The van der Waals surface area contributed by atoms with Crippen molar-refractivity contribution in [3.8, 4) is 0 Å². The van der Waals surface area contributed by atoms with Crippen molar-refractivity contribution >= 4 is 5.91 Å². The van der Waals surface area contributed by atoms with E-state index < -0.39 is 0 Å². The van der Waals surface area contributed by atoms with Gasteiger partial charge in [-0.2, -0.15) is 0 Å². The largest absolute Gasteiger partial charge is 0.396 e. The average molecular weight is 303 g/mol. The van der Waals surface area contributed by atoms with E-state index in [0.29, 0.717) is 18.3 Å². The van der Waals surface area contributed by atoms with Crippen molar-refractivity contribution in [1.29, 1.82) is 0 Å². The number of piperidine rings is 1. The summed E-state index contributed by atoms with van der Waals surface area (Å²) in [5.41, 5.74) is 2.61. The number of carbonyl (C=O) groups excluding carboxylic acids is 1. The fraction of sp³-hybridized carbons (Fsp3) is 0.632. The molecule has 0 aromatic heterocycles. The van der Waals surface area contributed by atoms with Gasteiger partial charge in [0.25, 0.3) is 0 Å². The molecule has 1 aliphatic heterocycles. The van der Waals surface area contributed by atoms with Crippen LogP contribution in [0.3, 0.4) is 0 Å². The maximum atomic E-state index is 12.2. The molecule has 1 amide bonds. The summed E-state index contributed by atoms with van der Waals surface area (Å²) >= 11 is 0. The van der Waals surface area contributed by atoms with Gasteiger partial charge in [0.15, 0.2) is 0 Å². The number of nitrogens with zero attached hydrogens (tertiary/aromatic N) is 1. The Labute approximate surface area is 134 Å². The molecule has 1 saturated heterocycles. The predicted octanol–water partition coefficient (Wildman–Crippen LogP) is 3.05. The van der Waals surface area contributed by atoms with E-state index in [4.69, 9.17) is 5.11 Å². The van der Waals surface area contributed by atoms with E-state index in [2.05, 4.69) is 38.1 Å².